The maximum absolute atomic E-state index is 5.90. The zero-order chi connectivity index (χ0) is 17.9. The molecule has 0 radical (unpaired) electrons. The Morgan fingerprint density at radius 2 is 1.38 bits per heavy atom. The second-order valence-electron chi connectivity index (χ2n) is 5.74. The molecule has 0 atom stereocenters. The highest BCUT2D eigenvalue weighted by Crippen LogP contribution is 2.12. The third-order valence-electron chi connectivity index (χ3n) is 3.94. The van der Waals surface area contributed by atoms with Gasteiger partial charge in [0.1, 0.15) is 11.5 Å². The van der Waals surface area contributed by atoms with Crippen molar-refractivity contribution in [1.82, 2.24) is 5.32 Å². The molecule has 26 heavy (non-hydrogen) atoms. The van der Waals surface area contributed by atoms with E-state index >= 15 is 0 Å². The number of ether oxygens (including phenoxy) is 2. The first-order valence-electron chi connectivity index (χ1n) is 8.51. The Morgan fingerprint density at radius 3 is 1.88 bits per heavy atom. The van der Waals surface area contributed by atoms with Gasteiger partial charge in [0.25, 0.3) is 0 Å². The zero-order valence-corrected chi connectivity index (χ0v) is 17.7. The van der Waals surface area contributed by atoms with Gasteiger partial charge in [0.05, 0.1) is 14.2 Å². The Hall–Kier alpha value is -1.96. The normalized spacial score (nSPS) is 10.8. The van der Waals surface area contributed by atoms with E-state index in [0.717, 1.165) is 37.3 Å². The predicted octanol–water partition coefficient (Wildman–Crippen LogP) is 3.40. The molecule has 0 fully saturated rings. The van der Waals surface area contributed by atoms with Crippen LogP contribution in [-0.2, 0) is 12.8 Å². The number of guanidine groups is 1. The molecule has 5 nitrogen and oxygen atoms in total. The summed E-state index contributed by atoms with van der Waals surface area (Å²) in [5.74, 6) is 2.25. The lowest BCUT2D eigenvalue weighted by atomic mass is 10.1. The van der Waals surface area contributed by atoms with Crippen LogP contribution in [0.1, 0.15) is 17.5 Å². The standard InChI is InChI=1S/C20H27N3O2.HI/c1-24-18-9-5-16(6-10-18)4-3-14-22-20(21)23-15-13-17-7-11-19(25-2)12-8-17;/h5-12H,3-4,13-15H2,1-2H3,(H3,21,22,23);1H. The van der Waals surface area contributed by atoms with Gasteiger partial charge >= 0.3 is 0 Å². The minimum absolute atomic E-state index is 0. The van der Waals surface area contributed by atoms with Crippen molar-refractivity contribution in [2.45, 2.75) is 19.3 Å². The van der Waals surface area contributed by atoms with Crippen molar-refractivity contribution in [1.29, 1.82) is 0 Å². The van der Waals surface area contributed by atoms with E-state index in [2.05, 4.69) is 34.6 Å². The van der Waals surface area contributed by atoms with Crippen molar-refractivity contribution in [3.63, 3.8) is 0 Å². The van der Waals surface area contributed by atoms with Gasteiger partial charge in [-0.1, -0.05) is 24.3 Å². The highest BCUT2D eigenvalue weighted by molar-refractivity contribution is 14.0. The van der Waals surface area contributed by atoms with Gasteiger partial charge in [-0.3, -0.25) is 4.99 Å². The van der Waals surface area contributed by atoms with Crippen LogP contribution < -0.4 is 20.5 Å². The smallest absolute Gasteiger partial charge is 0.188 e. The van der Waals surface area contributed by atoms with E-state index in [9.17, 15) is 0 Å². The number of nitrogens with one attached hydrogen (secondary N) is 1. The molecule has 142 valence electrons. The highest BCUT2D eigenvalue weighted by atomic mass is 127. The summed E-state index contributed by atoms with van der Waals surface area (Å²) in [5.41, 5.74) is 8.42. The summed E-state index contributed by atoms with van der Waals surface area (Å²) in [4.78, 5) is 4.37. The monoisotopic (exact) mass is 469 g/mol. The fraction of sp³-hybridized carbons (Fsp3) is 0.350. The van der Waals surface area contributed by atoms with Crippen LogP contribution in [-0.4, -0.2) is 33.3 Å². The van der Waals surface area contributed by atoms with Crippen LogP contribution in [0.4, 0.5) is 0 Å². The molecule has 0 saturated carbocycles. The maximum atomic E-state index is 5.90. The minimum Gasteiger partial charge on any atom is -0.497 e. The van der Waals surface area contributed by atoms with Gasteiger partial charge in [0.2, 0.25) is 0 Å². The summed E-state index contributed by atoms with van der Waals surface area (Å²) in [5, 5.41) is 3.15. The summed E-state index contributed by atoms with van der Waals surface area (Å²) in [6, 6.07) is 16.2. The molecule has 2 aromatic rings. The molecule has 2 aromatic carbocycles. The molecule has 0 unspecified atom stereocenters. The van der Waals surface area contributed by atoms with Crippen molar-refractivity contribution in [2.24, 2.45) is 10.7 Å². The van der Waals surface area contributed by atoms with Gasteiger partial charge in [0.15, 0.2) is 5.96 Å². The second kappa shape index (κ2) is 12.4. The van der Waals surface area contributed by atoms with E-state index in [4.69, 9.17) is 15.2 Å². The average Bonchev–Trinajstić information content (AvgIpc) is 2.66. The highest BCUT2D eigenvalue weighted by Gasteiger charge is 1.97. The number of methoxy groups -OCH3 is 2. The Morgan fingerprint density at radius 1 is 0.885 bits per heavy atom. The fourth-order valence-corrected chi connectivity index (χ4v) is 2.46. The first-order valence-corrected chi connectivity index (χ1v) is 8.51. The fourth-order valence-electron chi connectivity index (χ4n) is 2.46. The molecule has 0 saturated heterocycles. The number of nitrogens with two attached hydrogens (primary N) is 1. The van der Waals surface area contributed by atoms with Crippen LogP contribution in [0.25, 0.3) is 0 Å². The second-order valence-corrected chi connectivity index (χ2v) is 5.74. The van der Waals surface area contributed by atoms with Crippen molar-refractivity contribution in [3.05, 3.63) is 59.7 Å². The molecule has 0 heterocycles. The molecule has 0 aliphatic heterocycles. The number of aryl methyl sites for hydroxylation is 1. The SMILES string of the molecule is COc1ccc(CCCN=C(N)NCCc2ccc(OC)cc2)cc1.I. The third-order valence-corrected chi connectivity index (χ3v) is 3.94. The van der Waals surface area contributed by atoms with Crippen LogP contribution in [0.15, 0.2) is 53.5 Å². The van der Waals surface area contributed by atoms with Gasteiger partial charge in [-0.2, -0.15) is 0 Å². The molecule has 0 bridgehead atoms. The molecule has 0 aliphatic carbocycles. The van der Waals surface area contributed by atoms with Gasteiger partial charge < -0.3 is 20.5 Å². The molecule has 0 spiro atoms. The van der Waals surface area contributed by atoms with Crippen molar-refractivity contribution < 1.29 is 9.47 Å². The first-order chi connectivity index (χ1) is 12.2. The summed E-state index contributed by atoms with van der Waals surface area (Å²) < 4.78 is 10.3. The molecule has 0 aromatic heterocycles. The van der Waals surface area contributed by atoms with Crippen molar-refractivity contribution >= 4 is 29.9 Å². The summed E-state index contributed by atoms with van der Waals surface area (Å²) >= 11 is 0. The van der Waals surface area contributed by atoms with Crippen LogP contribution in [0.3, 0.4) is 0 Å². The third kappa shape index (κ3) is 7.95. The summed E-state index contributed by atoms with van der Waals surface area (Å²) in [7, 11) is 3.34. The van der Waals surface area contributed by atoms with E-state index in [0.29, 0.717) is 12.5 Å². The summed E-state index contributed by atoms with van der Waals surface area (Å²) in [6.07, 6.45) is 2.84. The number of aliphatic imine (C=N–C) groups is 1. The lowest BCUT2D eigenvalue weighted by Crippen LogP contribution is -2.33. The van der Waals surface area contributed by atoms with Crippen molar-refractivity contribution in [3.8, 4) is 11.5 Å². The number of hydrogen-bond acceptors (Lipinski definition) is 3. The number of hydrogen-bond donors (Lipinski definition) is 2. The van der Waals surface area contributed by atoms with E-state index < -0.39 is 0 Å². The van der Waals surface area contributed by atoms with E-state index in [-0.39, 0.29) is 24.0 Å². The van der Waals surface area contributed by atoms with Crippen molar-refractivity contribution in [2.75, 3.05) is 27.3 Å². The van der Waals surface area contributed by atoms with E-state index in [1.807, 2.05) is 24.3 Å². The average molecular weight is 469 g/mol. The molecule has 3 N–H and O–H groups in total. The first kappa shape index (κ1) is 22.1. The molecule has 0 amide bonds. The Bertz CT molecular complexity index is 658. The number of rotatable bonds is 9. The van der Waals surface area contributed by atoms with Gasteiger partial charge in [-0.05, 0) is 54.7 Å². The van der Waals surface area contributed by atoms with Gasteiger partial charge in [0, 0.05) is 13.1 Å². The van der Waals surface area contributed by atoms with E-state index in [1.54, 1.807) is 14.2 Å². The Kier molecular flexibility index (Phi) is 10.5. The molecule has 6 heteroatoms. The molecule has 2 rings (SSSR count). The quantitative estimate of drug-likeness (QED) is 0.256. The molecular formula is C20H28IN3O2. The van der Waals surface area contributed by atoms with Crippen LogP contribution in [0.2, 0.25) is 0 Å². The minimum atomic E-state index is 0. The number of benzene rings is 2. The van der Waals surface area contributed by atoms with E-state index in [1.165, 1.54) is 11.1 Å². The lowest BCUT2D eigenvalue weighted by molar-refractivity contribution is 0.414. The number of halogens is 1. The zero-order valence-electron chi connectivity index (χ0n) is 15.4. The largest absolute Gasteiger partial charge is 0.497 e. The Labute approximate surface area is 173 Å². The molecular weight excluding hydrogens is 441 g/mol. The lowest BCUT2D eigenvalue weighted by Gasteiger charge is -2.07. The van der Waals surface area contributed by atoms with Gasteiger partial charge in [-0.25, -0.2) is 0 Å². The van der Waals surface area contributed by atoms with Gasteiger partial charge in [-0.15, -0.1) is 24.0 Å². The van der Waals surface area contributed by atoms with Crippen LogP contribution >= 0.6 is 24.0 Å². The topological polar surface area (TPSA) is 68.9 Å². The Balaban J connectivity index is 0.00000338. The predicted molar refractivity (Wildman–Crippen MR) is 118 cm³/mol. The van der Waals surface area contributed by atoms with Crippen LogP contribution in [0, 0.1) is 0 Å². The maximum Gasteiger partial charge on any atom is 0.188 e. The van der Waals surface area contributed by atoms with Crippen LogP contribution in [0.5, 0.6) is 11.5 Å². The number of nitrogens with zero attached hydrogens (tertiary/aromatic N) is 1. The molecule has 0 aliphatic rings. The summed E-state index contributed by atoms with van der Waals surface area (Å²) in [6.45, 7) is 1.48.